The summed E-state index contributed by atoms with van der Waals surface area (Å²) in [5, 5.41) is 24.4. The molecule has 0 aromatic heterocycles. The van der Waals surface area contributed by atoms with E-state index in [2.05, 4.69) is 36.4 Å². The maximum absolute atomic E-state index is 11.8. The minimum absolute atomic E-state index is 0. The number of hydrogen-bond acceptors (Lipinski definition) is 3. The molecule has 166 valence electrons. The van der Waals surface area contributed by atoms with Crippen LogP contribution in [0.15, 0.2) is 109 Å². The van der Waals surface area contributed by atoms with Crippen molar-refractivity contribution in [2.75, 3.05) is 0 Å². The van der Waals surface area contributed by atoms with E-state index in [1.807, 2.05) is 54.6 Å². The Balaban J connectivity index is 0.00000306. The Hall–Kier alpha value is -3.34. The van der Waals surface area contributed by atoms with E-state index in [4.69, 9.17) is 0 Å². The maximum Gasteiger partial charge on any atom is 0.342 e. The Labute approximate surface area is 203 Å². The lowest BCUT2D eigenvalue weighted by atomic mass is 10.1. The zero-order valence-electron chi connectivity index (χ0n) is 17.5. The van der Waals surface area contributed by atoms with Gasteiger partial charge in [0.15, 0.2) is 0 Å². The van der Waals surface area contributed by atoms with Gasteiger partial charge in [0.1, 0.15) is 28.7 Å². The Kier molecular flexibility index (Phi) is 7.75. The molecular weight excluding hydrogens is 501 g/mol. The molecule has 0 aliphatic carbocycles. The number of nitro benzene ring substituents is 1. The highest BCUT2D eigenvalue weighted by atomic mass is 79.9. The number of rotatable bonds is 7. The number of nitro groups is 1. The van der Waals surface area contributed by atoms with Crippen molar-refractivity contribution < 1.29 is 31.8 Å². The largest absolute Gasteiger partial charge is 1.00 e. The molecule has 0 unspecified atom stereocenters. The van der Waals surface area contributed by atoms with Gasteiger partial charge >= 0.3 is 5.97 Å². The van der Waals surface area contributed by atoms with Gasteiger partial charge in [-0.15, -0.1) is 0 Å². The Morgan fingerprint density at radius 3 is 1.55 bits per heavy atom. The van der Waals surface area contributed by atoms with Crippen LogP contribution in [0.25, 0.3) is 0 Å². The lowest BCUT2D eigenvalue weighted by Crippen LogP contribution is -3.00. The normalized spacial score (nSPS) is 10.8. The quantitative estimate of drug-likeness (QED) is 0.228. The summed E-state index contributed by atoms with van der Waals surface area (Å²) in [6.07, 6.45) is 0.545. The molecule has 0 spiro atoms. The Morgan fingerprint density at radius 2 is 1.18 bits per heavy atom. The van der Waals surface area contributed by atoms with Gasteiger partial charge in [-0.25, -0.2) is 4.79 Å². The highest BCUT2D eigenvalue weighted by Crippen LogP contribution is 2.58. The van der Waals surface area contributed by atoms with Gasteiger partial charge in [-0.3, -0.25) is 10.1 Å². The van der Waals surface area contributed by atoms with Crippen LogP contribution in [0, 0.1) is 10.1 Å². The van der Waals surface area contributed by atoms with Crippen LogP contribution in [0.2, 0.25) is 0 Å². The molecular formula is C26H21BrNO4P. The third kappa shape index (κ3) is 4.87. The van der Waals surface area contributed by atoms with Gasteiger partial charge in [-0.05, 0) is 54.1 Å². The molecule has 0 saturated heterocycles. The average Bonchev–Trinajstić information content (AvgIpc) is 2.84. The summed E-state index contributed by atoms with van der Waals surface area (Å²) in [4.78, 5) is 22.4. The van der Waals surface area contributed by atoms with E-state index in [0.29, 0.717) is 6.16 Å². The summed E-state index contributed by atoms with van der Waals surface area (Å²) in [5.41, 5.74) is 0.0574. The van der Waals surface area contributed by atoms with E-state index in [1.165, 1.54) is 12.1 Å². The van der Waals surface area contributed by atoms with E-state index in [-0.39, 0.29) is 22.5 Å². The lowest BCUT2D eigenvalue weighted by molar-refractivity contribution is -0.385. The van der Waals surface area contributed by atoms with Crippen molar-refractivity contribution >= 4 is 34.8 Å². The molecule has 0 atom stereocenters. The van der Waals surface area contributed by atoms with Crippen LogP contribution in [0.1, 0.15) is 15.9 Å². The van der Waals surface area contributed by atoms with E-state index in [9.17, 15) is 20.0 Å². The first-order chi connectivity index (χ1) is 15.5. The molecule has 1 N–H and O–H groups in total. The van der Waals surface area contributed by atoms with Crippen LogP contribution >= 0.6 is 7.26 Å². The molecule has 33 heavy (non-hydrogen) atoms. The summed E-state index contributed by atoms with van der Waals surface area (Å²) in [6.45, 7) is 0. The summed E-state index contributed by atoms with van der Waals surface area (Å²) in [5.74, 6) is -1.30. The molecule has 4 aromatic carbocycles. The monoisotopic (exact) mass is 521 g/mol. The smallest absolute Gasteiger partial charge is 0.342 e. The van der Waals surface area contributed by atoms with Crippen LogP contribution in [0.4, 0.5) is 5.69 Å². The SMILES string of the molecule is O=C(O)c1cc(C[P+](c2ccccc2)(c2ccccc2)c2ccccc2)ccc1[N+](=O)[O-].[Br-]. The summed E-state index contributed by atoms with van der Waals surface area (Å²) >= 11 is 0. The average molecular weight is 522 g/mol. The second kappa shape index (κ2) is 10.5. The molecule has 0 aliphatic rings. The standard InChI is InChI=1S/C26H20NO4P.BrH/c28-26(29)24-18-20(16-17-25(24)27(30)31)19-32(21-10-4-1-5-11-21,22-12-6-2-7-13-22)23-14-8-3-9-15-23;/h1-18H,19H2;1H. The molecule has 0 heterocycles. The second-order valence-electron chi connectivity index (χ2n) is 7.39. The fourth-order valence-corrected chi connectivity index (χ4v) is 8.28. The minimum Gasteiger partial charge on any atom is -1.00 e. The molecule has 4 rings (SSSR count). The van der Waals surface area contributed by atoms with Gasteiger partial charge in [0.05, 0.1) is 11.1 Å². The topological polar surface area (TPSA) is 80.4 Å². The van der Waals surface area contributed by atoms with Crippen LogP contribution in [-0.4, -0.2) is 16.0 Å². The maximum atomic E-state index is 11.8. The molecule has 0 saturated carbocycles. The molecule has 0 fully saturated rings. The van der Waals surface area contributed by atoms with Gasteiger partial charge in [0.25, 0.3) is 5.69 Å². The number of carboxylic acids is 1. The summed E-state index contributed by atoms with van der Waals surface area (Å²) < 4.78 is 0. The molecule has 5 nitrogen and oxygen atoms in total. The van der Waals surface area contributed by atoms with Crippen molar-refractivity contribution in [3.05, 3.63) is 130 Å². The fraction of sp³-hybridized carbons (Fsp3) is 0.0385. The minimum atomic E-state index is -2.23. The lowest BCUT2D eigenvalue weighted by Gasteiger charge is -2.28. The third-order valence-corrected chi connectivity index (χ3v) is 9.88. The summed E-state index contributed by atoms with van der Waals surface area (Å²) in [6, 6.07) is 35.0. The number of nitrogens with zero attached hydrogens (tertiary/aromatic N) is 1. The van der Waals surface area contributed by atoms with E-state index in [0.717, 1.165) is 21.5 Å². The van der Waals surface area contributed by atoms with Crippen LogP contribution in [0.5, 0.6) is 0 Å². The molecule has 7 heteroatoms. The zero-order valence-corrected chi connectivity index (χ0v) is 20.0. The number of benzene rings is 4. The van der Waals surface area contributed by atoms with Crippen molar-refractivity contribution in [1.29, 1.82) is 0 Å². The van der Waals surface area contributed by atoms with E-state index in [1.54, 1.807) is 6.07 Å². The Morgan fingerprint density at radius 1 is 0.758 bits per heavy atom. The van der Waals surface area contributed by atoms with Crippen LogP contribution in [0.3, 0.4) is 0 Å². The number of aromatic carboxylic acids is 1. The molecule has 4 aromatic rings. The van der Waals surface area contributed by atoms with Crippen molar-refractivity contribution in [2.45, 2.75) is 6.16 Å². The Bertz CT molecular complexity index is 1150. The van der Waals surface area contributed by atoms with Gasteiger partial charge in [-0.1, -0.05) is 54.6 Å². The highest BCUT2D eigenvalue weighted by Gasteiger charge is 2.45. The van der Waals surface area contributed by atoms with Gasteiger partial charge in [0, 0.05) is 6.07 Å². The van der Waals surface area contributed by atoms with Crippen LogP contribution < -0.4 is 32.9 Å². The number of carbonyl (C=O) groups is 1. The first-order valence-corrected chi connectivity index (χ1v) is 12.1. The molecule has 0 aliphatic heterocycles. The van der Waals surface area contributed by atoms with E-state index < -0.39 is 23.8 Å². The predicted molar refractivity (Wildman–Crippen MR) is 129 cm³/mol. The molecule has 0 bridgehead atoms. The molecule has 0 amide bonds. The first-order valence-electron chi connectivity index (χ1n) is 10.1. The number of carboxylic acid groups (broad SMARTS) is 1. The summed E-state index contributed by atoms with van der Waals surface area (Å²) in [7, 11) is -2.23. The van der Waals surface area contributed by atoms with Crippen molar-refractivity contribution in [2.24, 2.45) is 0 Å². The van der Waals surface area contributed by atoms with Gasteiger partial charge in [-0.2, -0.15) is 0 Å². The van der Waals surface area contributed by atoms with Crippen molar-refractivity contribution in [3.8, 4) is 0 Å². The number of halogens is 1. The molecule has 0 radical (unpaired) electrons. The first kappa shape index (κ1) is 24.3. The van der Waals surface area contributed by atoms with Crippen LogP contribution in [-0.2, 0) is 6.16 Å². The fourth-order valence-electron chi connectivity index (χ4n) is 4.05. The van der Waals surface area contributed by atoms with Crippen molar-refractivity contribution in [1.82, 2.24) is 0 Å². The van der Waals surface area contributed by atoms with Gasteiger partial charge in [0.2, 0.25) is 0 Å². The second-order valence-corrected chi connectivity index (χ2v) is 10.9. The highest BCUT2D eigenvalue weighted by molar-refractivity contribution is 7.95. The van der Waals surface area contributed by atoms with E-state index >= 15 is 0 Å². The third-order valence-electron chi connectivity index (χ3n) is 5.50. The number of hydrogen-bond donors (Lipinski definition) is 1. The van der Waals surface area contributed by atoms with Crippen molar-refractivity contribution in [3.63, 3.8) is 0 Å². The predicted octanol–water partition coefficient (Wildman–Crippen LogP) is 1.79. The van der Waals surface area contributed by atoms with Gasteiger partial charge < -0.3 is 22.1 Å². The zero-order chi connectivity index (χ0) is 22.6.